The number of fused-ring (bicyclic) bond motifs is 1. The van der Waals surface area contributed by atoms with Gasteiger partial charge in [0.25, 0.3) is 5.91 Å². The number of hydrogen-bond acceptors (Lipinski definition) is 10. The Bertz CT molecular complexity index is 1680. The zero-order valence-electron chi connectivity index (χ0n) is 29.7. The smallest absolute Gasteiger partial charge is 0.408 e. The second-order valence-electron chi connectivity index (χ2n) is 15.7. The molecule has 14 nitrogen and oxygen atoms in total. The van der Waals surface area contributed by atoms with Gasteiger partial charge in [0.1, 0.15) is 35.5 Å². The number of carbonyl (C=O) groups excluding carboxylic acids is 4. The number of likely N-dealkylation sites (tertiary alicyclic amines) is 1. The first-order valence-corrected chi connectivity index (χ1v) is 19.7. The van der Waals surface area contributed by atoms with Crippen LogP contribution in [0.2, 0.25) is 0 Å². The molecule has 278 valence electrons. The molecule has 5 atom stereocenters. The van der Waals surface area contributed by atoms with Crippen molar-refractivity contribution in [3.05, 3.63) is 42.2 Å². The monoisotopic (exact) mass is 726 g/mol. The molecule has 4 amide bonds. The van der Waals surface area contributed by atoms with Gasteiger partial charge in [-0.05, 0) is 93.6 Å². The minimum atomic E-state index is -3.88. The average Bonchev–Trinajstić information content (AvgIpc) is 3.95. The lowest BCUT2D eigenvalue weighted by Crippen LogP contribution is -2.60. The second kappa shape index (κ2) is 14.5. The Kier molecular flexibility index (Phi) is 10.5. The summed E-state index contributed by atoms with van der Waals surface area (Å²) in [6.45, 7) is 9.18. The van der Waals surface area contributed by atoms with E-state index < -0.39 is 68.2 Å². The van der Waals surface area contributed by atoms with Gasteiger partial charge in [0.05, 0.1) is 17.5 Å². The fourth-order valence-electron chi connectivity index (χ4n) is 7.47. The van der Waals surface area contributed by atoms with Gasteiger partial charge in [-0.25, -0.2) is 13.2 Å². The third-order valence-electron chi connectivity index (χ3n) is 10.6. The van der Waals surface area contributed by atoms with Crippen LogP contribution in [0, 0.1) is 11.3 Å². The summed E-state index contributed by atoms with van der Waals surface area (Å²) in [5, 5.41) is 9.46. The number of allylic oxidation sites excluding steroid dienone is 1. The molecule has 1 saturated heterocycles. The Hall–Kier alpha value is -4.01. The van der Waals surface area contributed by atoms with Crippen LogP contribution in [-0.4, -0.2) is 89.5 Å². The molecule has 0 aromatic carbocycles. The van der Waals surface area contributed by atoms with Crippen molar-refractivity contribution < 1.29 is 37.2 Å². The summed E-state index contributed by atoms with van der Waals surface area (Å²) in [6, 6.07) is 1.72. The van der Waals surface area contributed by atoms with Crippen molar-refractivity contribution in [1.29, 1.82) is 0 Å². The number of oxime groups is 1. The van der Waals surface area contributed by atoms with E-state index >= 15 is 0 Å². The summed E-state index contributed by atoms with van der Waals surface area (Å²) >= 11 is 0. The molecule has 51 heavy (non-hydrogen) atoms. The van der Waals surface area contributed by atoms with E-state index in [0.29, 0.717) is 31.4 Å². The van der Waals surface area contributed by atoms with Crippen molar-refractivity contribution in [3.8, 4) is 0 Å². The average molecular weight is 727 g/mol. The Labute approximate surface area is 299 Å². The highest BCUT2D eigenvalue weighted by molar-refractivity contribution is 7.91. The number of rotatable bonds is 12. The number of carbonyl (C=O) groups is 4. The molecule has 1 aliphatic heterocycles. The number of pyridine rings is 1. The van der Waals surface area contributed by atoms with E-state index in [9.17, 15) is 27.6 Å². The van der Waals surface area contributed by atoms with Crippen LogP contribution < -0.4 is 15.4 Å². The van der Waals surface area contributed by atoms with Gasteiger partial charge in [0.15, 0.2) is 0 Å². The number of sulfonamides is 1. The Morgan fingerprint density at radius 2 is 1.86 bits per heavy atom. The predicted molar refractivity (Wildman–Crippen MR) is 188 cm³/mol. The number of ether oxygens (including phenoxy) is 1. The van der Waals surface area contributed by atoms with Crippen molar-refractivity contribution in [2.75, 3.05) is 6.54 Å². The van der Waals surface area contributed by atoms with Gasteiger partial charge in [-0.1, -0.05) is 38.1 Å². The zero-order valence-corrected chi connectivity index (χ0v) is 30.5. The first kappa shape index (κ1) is 36.8. The SMILES string of the molecule is C=CC[C@@H]1C[C@]1(NC(=O)[C@@H]1C[C@@H](O/N=C2\CCCc3cccnc32)CN1C(=O)[C@@H](NC(=O)OC1CCCC1)C(C)(C)C)C(=O)NS(=O)(=O)C1CC1. The highest BCUT2D eigenvalue weighted by Crippen LogP contribution is 2.47. The summed E-state index contributed by atoms with van der Waals surface area (Å²) in [5.41, 5.74) is 0.265. The molecule has 3 saturated carbocycles. The molecular weight excluding hydrogens is 676 g/mol. The van der Waals surface area contributed by atoms with Crippen molar-refractivity contribution in [2.24, 2.45) is 16.5 Å². The van der Waals surface area contributed by atoms with Crippen LogP contribution in [0.3, 0.4) is 0 Å². The van der Waals surface area contributed by atoms with Gasteiger partial charge >= 0.3 is 6.09 Å². The molecule has 0 unspecified atom stereocenters. The highest BCUT2D eigenvalue weighted by atomic mass is 32.2. The summed E-state index contributed by atoms with van der Waals surface area (Å²) in [5.74, 6) is -2.30. The summed E-state index contributed by atoms with van der Waals surface area (Å²) in [6.07, 6.45) is 9.20. The molecule has 3 N–H and O–H groups in total. The maximum Gasteiger partial charge on any atom is 0.408 e. The van der Waals surface area contributed by atoms with Crippen molar-refractivity contribution in [2.45, 2.75) is 133 Å². The maximum atomic E-state index is 14.4. The molecule has 1 aromatic rings. The molecule has 2 heterocycles. The molecular formula is C36H50N6O8S. The number of amides is 4. The van der Waals surface area contributed by atoms with Crippen molar-refractivity contribution >= 4 is 39.5 Å². The van der Waals surface area contributed by atoms with Crippen LogP contribution in [0.25, 0.3) is 0 Å². The first-order valence-electron chi connectivity index (χ1n) is 18.2. The molecule has 4 aliphatic carbocycles. The van der Waals surface area contributed by atoms with E-state index in [0.717, 1.165) is 49.8 Å². The number of nitrogens with zero attached hydrogens (tertiary/aromatic N) is 3. The minimum Gasteiger partial charge on any atom is -0.446 e. The number of aryl methyl sites for hydroxylation is 1. The number of aromatic nitrogens is 1. The fourth-order valence-corrected chi connectivity index (χ4v) is 8.83. The maximum absolute atomic E-state index is 14.4. The van der Waals surface area contributed by atoms with Crippen LogP contribution in [0.4, 0.5) is 4.79 Å². The molecule has 6 rings (SSSR count). The number of alkyl carbamates (subject to hydrolysis) is 1. The van der Waals surface area contributed by atoms with Crippen LogP contribution in [-0.2, 0) is 40.4 Å². The lowest BCUT2D eigenvalue weighted by atomic mass is 9.85. The largest absolute Gasteiger partial charge is 0.446 e. The lowest BCUT2D eigenvalue weighted by Gasteiger charge is -2.35. The van der Waals surface area contributed by atoms with Crippen LogP contribution in [0.1, 0.15) is 103 Å². The van der Waals surface area contributed by atoms with E-state index in [2.05, 4.69) is 32.1 Å². The Morgan fingerprint density at radius 3 is 2.55 bits per heavy atom. The van der Waals surface area contributed by atoms with Gasteiger partial charge in [0, 0.05) is 12.6 Å². The van der Waals surface area contributed by atoms with E-state index in [1.165, 1.54) is 4.90 Å². The third-order valence-corrected chi connectivity index (χ3v) is 12.5. The van der Waals surface area contributed by atoms with Gasteiger partial charge in [-0.3, -0.25) is 24.1 Å². The van der Waals surface area contributed by atoms with Crippen LogP contribution in [0.15, 0.2) is 36.1 Å². The van der Waals surface area contributed by atoms with E-state index in [1.54, 1.807) is 12.3 Å². The Morgan fingerprint density at radius 1 is 1.12 bits per heavy atom. The standard InChI is InChI=1S/C36H50N6O8S/c1-5-10-23-20-36(23,33(45)41-51(47,48)26-16-17-26)39-31(43)28-19-25(50-40-27-15-8-11-22-12-9-18-37-29(22)27)21-42(28)32(44)30(35(2,3)4)38-34(46)49-24-13-6-7-14-24/h5,9,12,18,23-26,28,30H,1,6-8,10-11,13-17,19-21H2,2-4H3,(H,38,46)(H,39,43)(H,41,45)/b40-27+/t23-,25-,28+,30-,36-/m1/s1. The molecule has 0 bridgehead atoms. The van der Waals surface area contributed by atoms with E-state index in [4.69, 9.17) is 9.57 Å². The van der Waals surface area contributed by atoms with Crippen molar-refractivity contribution in [3.63, 3.8) is 0 Å². The van der Waals surface area contributed by atoms with Gasteiger partial charge in [0.2, 0.25) is 21.8 Å². The molecule has 15 heteroatoms. The lowest BCUT2D eigenvalue weighted by molar-refractivity contribution is -0.143. The van der Waals surface area contributed by atoms with Gasteiger partial charge < -0.3 is 25.1 Å². The molecule has 0 radical (unpaired) electrons. The number of nitrogens with one attached hydrogen (secondary N) is 3. The quantitative estimate of drug-likeness (QED) is 0.215. The number of hydrogen-bond donors (Lipinski definition) is 3. The Balaban J connectivity index is 1.24. The highest BCUT2D eigenvalue weighted by Gasteiger charge is 2.62. The topological polar surface area (TPSA) is 185 Å². The normalized spacial score (nSPS) is 27.6. The molecule has 0 spiro atoms. The minimum absolute atomic E-state index is 0.0138. The zero-order chi connectivity index (χ0) is 36.6. The molecule has 5 aliphatic rings. The molecule has 4 fully saturated rings. The molecule has 1 aromatic heterocycles. The van der Waals surface area contributed by atoms with Gasteiger partial charge in [-0.2, -0.15) is 0 Å². The summed E-state index contributed by atoms with van der Waals surface area (Å²) < 4.78 is 33.3. The third kappa shape index (κ3) is 8.23. The summed E-state index contributed by atoms with van der Waals surface area (Å²) in [4.78, 5) is 67.2. The van der Waals surface area contributed by atoms with E-state index in [-0.39, 0.29) is 31.4 Å². The predicted octanol–water partition coefficient (Wildman–Crippen LogP) is 3.25. The van der Waals surface area contributed by atoms with Crippen LogP contribution in [0.5, 0.6) is 0 Å². The van der Waals surface area contributed by atoms with Crippen molar-refractivity contribution in [1.82, 2.24) is 25.2 Å². The first-order chi connectivity index (χ1) is 24.2. The van der Waals surface area contributed by atoms with E-state index in [1.807, 2.05) is 32.9 Å². The summed E-state index contributed by atoms with van der Waals surface area (Å²) in [7, 11) is -3.88. The van der Waals surface area contributed by atoms with Crippen LogP contribution >= 0.6 is 0 Å². The second-order valence-corrected chi connectivity index (χ2v) is 17.6. The fraction of sp³-hybridized carbons (Fsp3) is 0.667. The van der Waals surface area contributed by atoms with Gasteiger partial charge in [-0.15, -0.1) is 6.58 Å².